The average molecular weight is 359 g/mol. The lowest BCUT2D eigenvalue weighted by Gasteiger charge is -2.42. The van der Waals surface area contributed by atoms with Crippen LogP contribution in [0.25, 0.3) is 10.9 Å². The van der Waals surface area contributed by atoms with E-state index in [0.717, 1.165) is 25.2 Å². The van der Waals surface area contributed by atoms with Gasteiger partial charge in [-0.25, -0.2) is 0 Å². The Labute approximate surface area is 155 Å². The molecule has 2 aromatic rings. The van der Waals surface area contributed by atoms with Crippen LogP contribution in [0.2, 0.25) is 0 Å². The van der Waals surface area contributed by atoms with E-state index in [1.54, 1.807) is 14.1 Å². The smallest absolute Gasteiger partial charge is 0.248 e. The first-order chi connectivity index (χ1) is 12.3. The number of aromatic nitrogens is 1. The molecular weight excluding hydrogens is 330 g/mol. The van der Waals surface area contributed by atoms with Crippen LogP contribution < -0.4 is 0 Å². The predicted molar refractivity (Wildman–Crippen MR) is 102 cm³/mol. The van der Waals surface area contributed by atoms with Gasteiger partial charge in [-0.15, -0.1) is 0 Å². The van der Waals surface area contributed by atoms with Gasteiger partial charge in [-0.1, -0.05) is 12.1 Å². The second-order valence-corrected chi connectivity index (χ2v) is 7.83. The molecule has 0 bridgehead atoms. The molecule has 1 aromatic carbocycles. The Kier molecular flexibility index (Phi) is 5.65. The van der Waals surface area contributed by atoms with Gasteiger partial charge in [0, 0.05) is 50.8 Å². The Morgan fingerprint density at radius 3 is 2.96 bits per heavy atom. The lowest BCUT2D eigenvalue weighted by Crippen LogP contribution is -2.53. The number of nitrogens with one attached hydrogen (secondary N) is 1. The van der Waals surface area contributed by atoms with Gasteiger partial charge in [0.15, 0.2) is 0 Å². The van der Waals surface area contributed by atoms with Crippen LogP contribution in [0.4, 0.5) is 0 Å². The first-order valence-electron chi connectivity index (χ1n) is 9.07. The number of fused-ring (bicyclic) bond motifs is 1. The Bertz CT molecular complexity index is 754. The molecule has 0 saturated carbocycles. The summed E-state index contributed by atoms with van der Waals surface area (Å²) in [6.45, 7) is 7.25. The summed E-state index contributed by atoms with van der Waals surface area (Å²) < 4.78 is 11.8. The van der Waals surface area contributed by atoms with Crippen molar-refractivity contribution in [1.82, 2.24) is 14.8 Å². The van der Waals surface area contributed by atoms with Crippen LogP contribution in [-0.4, -0.2) is 72.8 Å². The summed E-state index contributed by atoms with van der Waals surface area (Å²) in [5.41, 5.74) is 2.23. The summed E-state index contributed by atoms with van der Waals surface area (Å²) in [5.74, 6) is -0.0314. The zero-order valence-electron chi connectivity index (χ0n) is 16.1. The highest BCUT2D eigenvalue weighted by Gasteiger charge is 2.33. The maximum Gasteiger partial charge on any atom is 0.248 e. The number of carbonyl (C=O) groups is 1. The zero-order valence-corrected chi connectivity index (χ0v) is 16.1. The molecule has 6 heteroatoms. The molecule has 1 N–H and O–H groups in total. The topological polar surface area (TPSA) is 57.8 Å². The van der Waals surface area contributed by atoms with Crippen LogP contribution >= 0.6 is 0 Å². The fourth-order valence-electron chi connectivity index (χ4n) is 3.56. The Morgan fingerprint density at radius 2 is 2.19 bits per heavy atom. The van der Waals surface area contributed by atoms with Gasteiger partial charge in [0.2, 0.25) is 5.91 Å². The summed E-state index contributed by atoms with van der Waals surface area (Å²) in [4.78, 5) is 18.9. The fraction of sp³-hybridized carbons (Fsp3) is 0.550. The minimum absolute atomic E-state index is 0.0314. The van der Waals surface area contributed by atoms with Gasteiger partial charge < -0.3 is 19.4 Å². The van der Waals surface area contributed by atoms with Gasteiger partial charge in [0.25, 0.3) is 0 Å². The Balaban J connectivity index is 1.62. The third kappa shape index (κ3) is 4.63. The number of ether oxygens (including phenoxy) is 2. The Morgan fingerprint density at radius 1 is 1.38 bits per heavy atom. The van der Waals surface area contributed by atoms with Crippen molar-refractivity contribution in [2.45, 2.75) is 32.1 Å². The van der Waals surface area contributed by atoms with Crippen LogP contribution in [0.3, 0.4) is 0 Å². The van der Waals surface area contributed by atoms with Gasteiger partial charge >= 0.3 is 0 Å². The van der Waals surface area contributed by atoms with Gasteiger partial charge in [-0.3, -0.25) is 9.69 Å². The van der Waals surface area contributed by atoms with Gasteiger partial charge in [0.1, 0.15) is 6.61 Å². The molecule has 6 nitrogen and oxygen atoms in total. The molecule has 1 amide bonds. The number of hydrogen-bond acceptors (Lipinski definition) is 4. The second kappa shape index (κ2) is 7.78. The molecule has 0 spiro atoms. The highest BCUT2D eigenvalue weighted by atomic mass is 16.5. The molecule has 1 aliphatic rings. The summed E-state index contributed by atoms with van der Waals surface area (Å²) in [6, 6.07) is 8.50. The molecule has 1 aromatic heterocycles. The molecule has 142 valence electrons. The van der Waals surface area contributed by atoms with Crippen molar-refractivity contribution < 1.29 is 14.3 Å². The van der Waals surface area contributed by atoms with Crippen LogP contribution in [0.5, 0.6) is 0 Å². The van der Waals surface area contributed by atoms with E-state index in [1.807, 2.05) is 6.20 Å². The first kappa shape index (κ1) is 18.9. The molecule has 1 atom stereocenters. The third-order valence-corrected chi connectivity index (χ3v) is 4.66. The number of rotatable bonds is 6. The largest absolute Gasteiger partial charge is 0.369 e. The summed E-state index contributed by atoms with van der Waals surface area (Å²) in [7, 11) is 3.46. The number of carbonyl (C=O) groups excluding carboxylic acids is 1. The van der Waals surface area contributed by atoms with E-state index in [2.05, 4.69) is 48.0 Å². The second-order valence-electron chi connectivity index (χ2n) is 7.83. The number of nitrogens with zero attached hydrogens (tertiary/aromatic N) is 2. The molecular formula is C20H29N3O3. The standard InChI is InChI=1S/C20H29N3O3/c1-20(2)14-23(10-15-6-5-7-18-17(15)8-9-21-18)11-16(26-20)12-25-13-19(24)22(3)4/h5-9,16,21H,10-14H2,1-4H3. The molecule has 2 heterocycles. The van der Waals surface area contributed by atoms with E-state index < -0.39 is 0 Å². The highest BCUT2D eigenvalue weighted by Crippen LogP contribution is 2.25. The van der Waals surface area contributed by atoms with Crippen LogP contribution in [0.15, 0.2) is 30.5 Å². The lowest BCUT2D eigenvalue weighted by atomic mass is 10.0. The zero-order chi connectivity index (χ0) is 18.7. The van der Waals surface area contributed by atoms with Crippen molar-refractivity contribution in [2.24, 2.45) is 0 Å². The van der Waals surface area contributed by atoms with E-state index >= 15 is 0 Å². The maximum atomic E-state index is 11.7. The highest BCUT2D eigenvalue weighted by molar-refractivity contribution is 5.82. The number of amides is 1. The van der Waals surface area contributed by atoms with Crippen molar-refractivity contribution in [3.05, 3.63) is 36.0 Å². The molecule has 0 aliphatic carbocycles. The number of morpholine rings is 1. The van der Waals surface area contributed by atoms with E-state index in [0.29, 0.717) is 6.61 Å². The first-order valence-corrected chi connectivity index (χ1v) is 9.07. The molecule has 26 heavy (non-hydrogen) atoms. The van der Waals surface area contributed by atoms with Gasteiger partial charge in [-0.05, 0) is 31.5 Å². The number of aromatic amines is 1. The van der Waals surface area contributed by atoms with E-state index in [-0.39, 0.29) is 24.2 Å². The predicted octanol–water partition coefficient (Wildman–Crippen LogP) is 2.25. The normalized spacial score (nSPS) is 20.4. The van der Waals surface area contributed by atoms with E-state index in [4.69, 9.17) is 9.47 Å². The van der Waals surface area contributed by atoms with Gasteiger partial charge in [-0.2, -0.15) is 0 Å². The van der Waals surface area contributed by atoms with Crippen molar-refractivity contribution in [1.29, 1.82) is 0 Å². The minimum Gasteiger partial charge on any atom is -0.369 e. The molecule has 3 rings (SSSR count). The van der Waals surface area contributed by atoms with Gasteiger partial charge in [0.05, 0.1) is 18.3 Å². The minimum atomic E-state index is -0.246. The van der Waals surface area contributed by atoms with Crippen LogP contribution in [0.1, 0.15) is 19.4 Å². The molecule has 1 unspecified atom stereocenters. The average Bonchev–Trinajstić information content (AvgIpc) is 3.03. The number of hydrogen-bond donors (Lipinski definition) is 1. The molecule has 0 radical (unpaired) electrons. The van der Waals surface area contributed by atoms with E-state index in [1.165, 1.54) is 15.8 Å². The summed E-state index contributed by atoms with van der Waals surface area (Å²) in [6.07, 6.45) is 1.94. The fourth-order valence-corrected chi connectivity index (χ4v) is 3.56. The van der Waals surface area contributed by atoms with E-state index in [9.17, 15) is 4.79 Å². The van der Waals surface area contributed by atoms with Crippen molar-refractivity contribution in [2.75, 3.05) is 40.4 Å². The molecule has 1 saturated heterocycles. The van der Waals surface area contributed by atoms with Crippen molar-refractivity contribution in [3.63, 3.8) is 0 Å². The summed E-state index contributed by atoms with van der Waals surface area (Å²) >= 11 is 0. The monoisotopic (exact) mass is 359 g/mol. The SMILES string of the molecule is CN(C)C(=O)COCC1CN(Cc2cccc3[nH]ccc23)CC(C)(C)O1. The number of H-pyrrole nitrogens is 1. The van der Waals surface area contributed by atoms with Crippen LogP contribution in [-0.2, 0) is 20.8 Å². The third-order valence-electron chi connectivity index (χ3n) is 4.66. The maximum absolute atomic E-state index is 11.7. The number of benzene rings is 1. The van der Waals surface area contributed by atoms with Crippen LogP contribution in [0, 0.1) is 0 Å². The Hall–Kier alpha value is -1.89. The van der Waals surface area contributed by atoms with Crippen molar-refractivity contribution >= 4 is 16.8 Å². The quantitative estimate of drug-likeness (QED) is 0.859. The molecule has 1 fully saturated rings. The number of likely N-dealkylation sites (N-methyl/N-ethyl adjacent to an activating group) is 1. The van der Waals surface area contributed by atoms with Crippen molar-refractivity contribution in [3.8, 4) is 0 Å². The molecule has 1 aliphatic heterocycles. The summed E-state index contributed by atoms with van der Waals surface area (Å²) in [5, 5.41) is 1.26. The lowest BCUT2D eigenvalue weighted by molar-refractivity contribution is -0.161.